The molecule has 0 spiro atoms. The van der Waals surface area contributed by atoms with Gasteiger partial charge in [-0.05, 0) is 138 Å². The van der Waals surface area contributed by atoms with E-state index in [0.29, 0.717) is 0 Å². The van der Waals surface area contributed by atoms with Gasteiger partial charge in [-0.3, -0.25) is 0 Å². The van der Waals surface area contributed by atoms with E-state index in [0.717, 1.165) is 0 Å². The van der Waals surface area contributed by atoms with Crippen LogP contribution in [0.3, 0.4) is 0 Å². The van der Waals surface area contributed by atoms with Gasteiger partial charge in [0.2, 0.25) is 0 Å². The van der Waals surface area contributed by atoms with Crippen LogP contribution in [-0.4, -0.2) is 0 Å². The van der Waals surface area contributed by atoms with Gasteiger partial charge in [-0.1, -0.05) is 188 Å². The highest BCUT2D eigenvalue weighted by Gasteiger charge is 2.23. The Labute approximate surface area is 324 Å². The molecule has 0 N–H and O–H groups in total. The zero-order valence-corrected chi connectivity index (χ0v) is 30.6. The van der Waals surface area contributed by atoms with Crippen molar-refractivity contribution in [1.29, 1.82) is 0 Å². The second-order valence-corrected chi connectivity index (χ2v) is 15.1. The summed E-state index contributed by atoms with van der Waals surface area (Å²) in [5.74, 6) is 0. The van der Waals surface area contributed by atoms with Crippen molar-refractivity contribution in [2.45, 2.75) is 0 Å². The van der Waals surface area contributed by atoms with Gasteiger partial charge in [0.15, 0.2) is 0 Å². The molecule has 12 aromatic carbocycles. The highest BCUT2D eigenvalue weighted by molar-refractivity contribution is 6.44. The lowest BCUT2D eigenvalue weighted by Crippen LogP contribution is -1.94. The van der Waals surface area contributed by atoms with Crippen molar-refractivity contribution in [2.24, 2.45) is 0 Å². The van der Waals surface area contributed by atoms with Gasteiger partial charge in [0.05, 0.1) is 0 Å². The molecule has 0 atom stereocenters. The normalized spacial score (nSPS) is 11.9. The molecule has 0 saturated carbocycles. The maximum Gasteiger partial charge on any atom is -0.00134 e. The predicted octanol–water partition coefficient (Wildman–Crippen LogP) is 15.9. The third-order valence-corrected chi connectivity index (χ3v) is 12.2. The smallest absolute Gasteiger partial charge is 0.00134 e. The highest BCUT2D eigenvalue weighted by Crippen LogP contribution is 2.51. The quantitative estimate of drug-likeness (QED) is 0.126. The summed E-state index contributed by atoms with van der Waals surface area (Å²) in [6.07, 6.45) is 0. The molecule has 0 saturated heterocycles. The van der Waals surface area contributed by atoms with Crippen LogP contribution < -0.4 is 0 Å². The van der Waals surface area contributed by atoms with Gasteiger partial charge in [-0.25, -0.2) is 0 Å². The summed E-state index contributed by atoms with van der Waals surface area (Å²) in [5.41, 5.74) is 10.0. The highest BCUT2D eigenvalue weighted by atomic mass is 14.3. The molecule has 0 aliphatic carbocycles. The Hall–Kier alpha value is -7.28. The van der Waals surface area contributed by atoms with E-state index < -0.39 is 0 Å². The molecule has 0 unspecified atom stereocenters. The zero-order chi connectivity index (χ0) is 36.7. The molecule has 0 heteroatoms. The van der Waals surface area contributed by atoms with Crippen molar-refractivity contribution in [3.63, 3.8) is 0 Å². The van der Waals surface area contributed by atoms with Crippen LogP contribution in [0.15, 0.2) is 206 Å². The van der Waals surface area contributed by atoms with Crippen LogP contribution in [0.2, 0.25) is 0 Å². The van der Waals surface area contributed by atoms with Gasteiger partial charge in [0.1, 0.15) is 0 Å². The monoisotopic (exact) mass is 706 g/mol. The van der Waals surface area contributed by atoms with Crippen molar-refractivity contribution < 1.29 is 0 Å². The molecular formula is C56H34. The SMILES string of the molecule is c1ccc(-c2ccc3cc(-c4c5ccccc5c5c6ccc(-c7ccccc7-c7ccccc7)c7cc8ccccc8c(c8cccc4c85)c76)ccc3c2)cc1. The van der Waals surface area contributed by atoms with Crippen LogP contribution in [0.5, 0.6) is 0 Å². The number of hydrogen-bond donors (Lipinski definition) is 0. The van der Waals surface area contributed by atoms with Gasteiger partial charge in [-0.15, -0.1) is 0 Å². The van der Waals surface area contributed by atoms with E-state index in [9.17, 15) is 0 Å². The molecule has 0 aliphatic heterocycles. The van der Waals surface area contributed by atoms with Gasteiger partial charge in [-0.2, -0.15) is 0 Å². The molecule has 0 amide bonds. The van der Waals surface area contributed by atoms with E-state index in [-0.39, 0.29) is 0 Å². The maximum atomic E-state index is 2.44. The minimum atomic E-state index is 1.23. The predicted molar refractivity (Wildman–Crippen MR) is 242 cm³/mol. The number of fused-ring (bicyclic) bond motifs is 7. The fourth-order valence-electron chi connectivity index (χ4n) is 9.73. The molecule has 12 aromatic rings. The summed E-state index contributed by atoms with van der Waals surface area (Å²) in [4.78, 5) is 0. The first-order valence-electron chi connectivity index (χ1n) is 19.5. The van der Waals surface area contributed by atoms with Gasteiger partial charge in [0.25, 0.3) is 0 Å². The van der Waals surface area contributed by atoms with E-state index in [4.69, 9.17) is 0 Å². The van der Waals surface area contributed by atoms with E-state index in [1.165, 1.54) is 120 Å². The van der Waals surface area contributed by atoms with Crippen LogP contribution in [0.4, 0.5) is 0 Å². The summed E-state index contributed by atoms with van der Waals surface area (Å²) in [5, 5.41) is 18.2. The molecule has 12 rings (SSSR count). The Kier molecular flexibility index (Phi) is 6.73. The summed E-state index contributed by atoms with van der Waals surface area (Å²) in [7, 11) is 0. The van der Waals surface area contributed by atoms with Gasteiger partial charge < -0.3 is 0 Å². The second-order valence-electron chi connectivity index (χ2n) is 15.1. The Morgan fingerprint density at radius 1 is 0.196 bits per heavy atom. The van der Waals surface area contributed by atoms with Crippen molar-refractivity contribution in [3.8, 4) is 44.5 Å². The molecule has 0 nitrogen and oxygen atoms in total. The fraction of sp³-hybridized carbons (Fsp3) is 0. The number of rotatable bonds is 4. The summed E-state index contributed by atoms with van der Waals surface area (Å²) in [6, 6.07) is 76.5. The Balaban J connectivity index is 1.20. The average Bonchev–Trinajstić information content (AvgIpc) is 3.27. The van der Waals surface area contributed by atoms with E-state index in [1.54, 1.807) is 0 Å². The van der Waals surface area contributed by atoms with Crippen LogP contribution >= 0.6 is 0 Å². The first-order chi connectivity index (χ1) is 27.8. The van der Waals surface area contributed by atoms with Crippen LogP contribution in [0.25, 0.3) is 120 Å². The lowest BCUT2D eigenvalue weighted by Gasteiger charge is -2.22. The van der Waals surface area contributed by atoms with E-state index >= 15 is 0 Å². The standard InChI is InChI=1S/C56H34/c1-3-14-35(15-4-1)37-26-27-39-33-41(29-28-38(39)32-37)52-46-22-11-12-23-47(46)54-50-31-30-45(44-21-10-9-19-42(44)36-16-5-2-6-17-36)51-34-40-18-7-8-20-43(40)53(56(50)51)49-25-13-24-48(52)55(49)54/h1-34H. The summed E-state index contributed by atoms with van der Waals surface area (Å²) >= 11 is 0. The van der Waals surface area contributed by atoms with E-state index in [2.05, 4.69) is 206 Å². The Bertz CT molecular complexity index is 3500. The van der Waals surface area contributed by atoms with Gasteiger partial charge in [0, 0.05) is 0 Å². The van der Waals surface area contributed by atoms with Crippen LogP contribution in [-0.2, 0) is 0 Å². The largest absolute Gasteiger partial charge is 0.0622 e. The van der Waals surface area contributed by atoms with Crippen molar-refractivity contribution >= 4 is 75.4 Å². The third kappa shape index (κ3) is 4.54. The lowest BCUT2D eigenvalue weighted by molar-refractivity contribution is 1.60. The molecule has 258 valence electrons. The molecule has 0 heterocycles. The second kappa shape index (κ2) is 12.1. The molecule has 0 aromatic heterocycles. The molecular weight excluding hydrogens is 673 g/mol. The minimum absolute atomic E-state index is 1.23. The van der Waals surface area contributed by atoms with Gasteiger partial charge >= 0.3 is 0 Å². The molecule has 56 heavy (non-hydrogen) atoms. The fourth-order valence-corrected chi connectivity index (χ4v) is 9.73. The average molecular weight is 707 g/mol. The summed E-state index contributed by atoms with van der Waals surface area (Å²) < 4.78 is 0. The van der Waals surface area contributed by atoms with Crippen LogP contribution in [0.1, 0.15) is 0 Å². The van der Waals surface area contributed by atoms with Crippen molar-refractivity contribution in [2.75, 3.05) is 0 Å². The zero-order valence-electron chi connectivity index (χ0n) is 30.6. The Morgan fingerprint density at radius 3 is 1.54 bits per heavy atom. The lowest BCUT2D eigenvalue weighted by atomic mass is 9.80. The maximum absolute atomic E-state index is 2.44. The Morgan fingerprint density at radius 2 is 0.732 bits per heavy atom. The number of hydrogen-bond acceptors (Lipinski definition) is 0. The first kappa shape index (κ1) is 31.1. The molecule has 0 aliphatic rings. The first-order valence-corrected chi connectivity index (χ1v) is 19.5. The topological polar surface area (TPSA) is 0 Å². The third-order valence-electron chi connectivity index (χ3n) is 12.2. The van der Waals surface area contributed by atoms with Crippen LogP contribution in [0, 0.1) is 0 Å². The molecule has 0 bridgehead atoms. The van der Waals surface area contributed by atoms with Crippen molar-refractivity contribution in [3.05, 3.63) is 206 Å². The molecule has 0 fully saturated rings. The number of benzene rings is 12. The minimum Gasteiger partial charge on any atom is -0.0622 e. The molecule has 0 radical (unpaired) electrons. The summed E-state index contributed by atoms with van der Waals surface area (Å²) in [6.45, 7) is 0. The van der Waals surface area contributed by atoms with Crippen molar-refractivity contribution in [1.82, 2.24) is 0 Å². The van der Waals surface area contributed by atoms with E-state index in [1.807, 2.05) is 0 Å².